The molecule has 0 saturated carbocycles. The van der Waals surface area contributed by atoms with Crippen molar-refractivity contribution in [1.82, 2.24) is 4.90 Å². The van der Waals surface area contributed by atoms with Gasteiger partial charge in [0, 0.05) is 5.56 Å². The second kappa shape index (κ2) is 11.5. The SMILES string of the molecule is COc1ccccc1C[NH+]1CCN(C(=O)c2ccc(C(=O)C(F)(F)F)s2)CC1.O=C([O-])C(F)(F)F. The molecule has 1 fully saturated rings. The molecular weight excluding hydrogens is 506 g/mol. The maximum Gasteiger partial charge on any atom is 0.455 e. The molecular formula is C21H20F6N2O5S. The van der Waals surface area contributed by atoms with Crippen LogP contribution in [0.3, 0.4) is 0 Å². The number of halogens is 6. The first-order chi connectivity index (χ1) is 16.2. The molecule has 2 aromatic rings. The number of alkyl halides is 6. The molecule has 7 nitrogen and oxygen atoms in total. The van der Waals surface area contributed by atoms with Crippen molar-refractivity contribution in [2.24, 2.45) is 0 Å². The molecule has 14 heteroatoms. The van der Waals surface area contributed by atoms with E-state index in [-0.39, 0.29) is 10.8 Å². The lowest BCUT2D eigenvalue weighted by Crippen LogP contribution is -3.13. The zero-order valence-electron chi connectivity index (χ0n) is 18.2. The van der Waals surface area contributed by atoms with Gasteiger partial charge in [0.15, 0.2) is 0 Å². The number of rotatable bonds is 5. The van der Waals surface area contributed by atoms with Crippen LogP contribution in [0, 0.1) is 0 Å². The van der Waals surface area contributed by atoms with Gasteiger partial charge in [-0.15, -0.1) is 11.3 Å². The first-order valence-corrected chi connectivity index (χ1v) is 10.8. The summed E-state index contributed by atoms with van der Waals surface area (Å²) in [6.07, 6.45) is -10.1. The third kappa shape index (κ3) is 7.96. The summed E-state index contributed by atoms with van der Waals surface area (Å²) in [5.41, 5.74) is 1.09. The highest BCUT2D eigenvalue weighted by Gasteiger charge is 2.40. The lowest BCUT2D eigenvalue weighted by molar-refractivity contribution is -0.917. The van der Waals surface area contributed by atoms with E-state index in [0.29, 0.717) is 24.4 Å². The predicted molar refractivity (Wildman–Crippen MR) is 109 cm³/mol. The molecule has 3 rings (SSSR count). The van der Waals surface area contributed by atoms with Crippen molar-refractivity contribution in [1.29, 1.82) is 0 Å². The molecule has 1 aliphatic rings. The van der Waals surface area contributed by atoms with Crippen LogP contribution in [0.1, 0.15) is 24.9 Å². The number of hydrogen-bond acceptors (Lipinski definition) is 6. The number of ketones is 1. The molecule has 0 radical (unpaired) electrons. The number of amides is 1. The fourth-order valence-corrected chi connectivity index (χ4v) is 4.13. The van der Waals surface area contributed by atoms with E-state index in [0.717, 1.165) is 37.0 Å². The zero-order chi connectivity index (χ0) is 26.4. The summed E-state index contributed by atoms with van der Waals surface area (Å²) in [6, 6.07) is 10.1. The molecule has 1 aromatic heterocycles. The Balaban J connectivity index is 0.000000540. The number of para-hydroxylation sites is 1. The number of piperazine rings is 1. The van der Waals surface area contributed by atoms with Crippen LogP contribution in [0.15, 0.2) is 36.4 Å². The van der Waals surface area contributed by atoms with Gasteiger partial charge < -0.3 is 24.4 Å². The number of Topliss-reactive ketones (excluding diaryl/α,β-unsaturated/α-hetero) is 1. The molecule has 0 bridgehead atoms. The Morgan fingerprint density at radius 1 is 0.971 bits per heavy atom. The van der Waals surface area contributed by atoms with E-state index in [4.69, 9.17) is 14.6 Å². The van der Waals surface area contributed by atoms with Crippen LogP contribution in [0.5, 0.6) is 5.75 Å². The number of nitrogens with one attached hydrogen (secondary N) is 1. The zero-order valence-corrected chi connectivity index (χ0v) is 19.0. The highest BCUT2D eigenvalue weighted by atomic mass is 32.1. The smallest absolute Gasteiger partial charge is 0.455 e. The lowest BCUT2D eigenvalue weighted by Gasteiger charge is -2.32. The minimum atomic E-state index is -5.19. The Morgan fingerprint density at radius 3 is 2.03 bits per heavy atom. The summed E-state index contributed by atoms with van der Waals surface area (Å²) in [5, 5.41) is 8.78. The third-order valence-corrected chi connectivity index (χ3v) is 5.99. The summed E-state index contributed by atoms with van der Waals surface area (Å²) in [7, 11) is 1.63. The molecule has 0 unspecified atom stereocenters. The molecule has 35 heavy (non-hydrogen) atoms. The second-order valence-corrected chi connectivity index (χ2v) is 8.39. The molecule has 0 spiro atoms. The molecule has 1 N–H and O–H groups in total. The van der Waals surface area contributed by atoms with Gasteiger partial charge in [-0.1, -0.05) is 12.1 Å². The van der Waals surface area contributed by atoms with Crippen LogP contribution in [-0.4, -0.2) is 68.2 Å². The first-order valence-electron chi connectivity index (χ1n) is 9.98. The topological polar surface area (TPSA) is 91.2 Å². The van der Waals surface area contributed by atoms with Gasteiger partial charge >= 0.3 is 12.4 Å². The Kier molecular flexibility index (Phi) is 9.26. The highest BCUT2D eigenvalue weighted by molar-refractivity contribution is 7.16. The number of nitrogens with zero attached hydrogens (tertiary/aromatic N) is 1. The van der Waals surface area contributed by atoms with Gasteiger partial charge in [-0.05, 0) is 24.3 Å². The van der Waals surface area contributed by atoms with Crippen LogP contribution in [0.4, 0.5) is 26.3 Å². The number of carboxylic acids is 1. The number of methoxy groups -OCH3 is 1. The quantitative estimate of drug-likeness (QED) is 0.469. The Labute approximate surface area is 199 Å². The van der Waals surface area contributed by atoms with Crippen molar-refractivity contribution < 1.29 is 55.5 Å². The van der Waals surface area contributed by atoms with Crippen molar-refractivity contribution in [2.75, 3.05) is 33.3 Å². The van der Waals surface area contributed by atoms with E-state index < -0.39 is 29.0 Å². The molecule has 0 atom stereocenters. The monoisotopic (exact) mass is 526 g/mol. The average molecular weight is 526 g/mol. The van der Waals surface area contributed by atoms with E-state index in [1.165, 1.54) is 11.0 Å². The van der Waals surface area contributed by atoms with E-state index in [1.807, 2.05) is 24.3 Å². The lowest BCUT2D eigenvalue weighted by atomic mass is 10.1. The van der Waals surface area contributed by atoms with Gasteiger partial charge in [0.25, 0.3) is 11.7 Å². The Morgan fingerprint density at radius 2 is 1.51 bits per heavy atom. The molecule has 0 aliphatic carbocycles. The van der Waals surface area contributed by atoms with Crippen LogP contribution in [0.2, 0.25) is 0 Å². The summed E-state index contributed by atoms with van der Waals surface area (Å²) >= 11 is 0.594. The summed E-state index contributed by atoms with van der Waals surface area (Å²) in [6.45, 7) is 3.23. The number of aliphatic carboxylic acids is 1. The molecule has 1 aliphatic heterocycles. The molecule has 1 saturated heterocycles. The second-order valence-electron chi connectivity index (χ2n) is 7.31. The first kappa shape index (κ1) is 28.1. The third-order valence-electron chi connectivity index (χ3n) is 4.92. The van der Waals surface area contributed by atoms with Gasteiger partial charge in [-0.2, -0.15) is 26.3 Å². The van der Waals surface area contributed by atoms with Crippen molar-refractivity contribution in [3.63, 3.8) is 0 Å². The highest BCUT2D eigenvalue weighted by Crippen LogP contribution is 2.27. The number of carbonyl (C=O) groups excluding carboxylic acids is 3. The van der Waals surface area contributed by atoms with E-state index in [9.17, 15) is 35.9 Å². The number of ether oxygens (including phenoxy) is 1. The summed E-state index contributed by atoms with van der Waals surface area (Å²) in [4.78, 5) is 35.3. The number of quaternary nitrogens is 1. The maximum atomic E-state index is 12.6. The van der Waals surface area contributed by atoms with Crippen LogP contribution in [0.25, 0.3) is 0 Å². The standard InChI is InChI=1S/C19H19F3N2O3S.C2HF3O2/c1-27-14-5-3-2-4-13(14)12-23-8-10-24(11-9-23)18(26)16-7-6-15(28-16)17(25)19(20,21)22;3-2(4,5)1(6)7/h2-7H,8-12H2,1H3;(H,6,7). The summed E-state index contributed by atoms with van der Waals surface area (Å²) < 4.78 is 74.5. The van der Waals surface area contributed by atoms with Crippen molar-refractivity contribution in [3.8, 4) is 5.75 Å². The fourth-order valence-electron chi connectivity index (χ4n) is 3.19. The number of hydrogen-bond donors (Lipinski definition) is 1. The Bertz CT molecular complexity index is 1050. The van der Waals surface area contributed by atoms with Gasteiger partial charge in [-0.3, -0.25) is 9.59 Å². The minimum absolute atomic E-state index is 0.153. The number of carbonyl (C=O) groups is 3. The molecule has 1 aromatic carbocycles. The van der Waals surface area contributed by atoms with Gasteiger partial charge in [-0.25, -0.2) is 0 Å². The number of benzene rings is 1. The molecule has 192 valence electrons. The van der Waals surface area contributed by atoms with E-state index in [1.54, 1.807) is 12.0 Å². The van der Waals surface area contributed by atoms with E-state index >= 15 is 0 Å². The van der Waals surface area contributed by atoms with Gasteiger partial charge in [0.2, 0.25) is 0 Å². The van der Waals surface area contributed by atoms with Gasteiger partial charge in [0.1, 0.15) is 18.3 Å². The normalized spacial score (nSPS) is 14.7. The summed E-state index contributed by atoms with van der Waals surface area (Å²) in [5.74, 6) is -4.42. The Hall–Kier alpha value is -3.13. The van der Waals surface area contributed by atoms with E-state index in [2.05, 4.69) is 0 Å². The minimum Gasteiger partial charge on any atom is -0.542 e. The molecule has 2 heterocycles. The average Bonchev–Trinajstić information content (AvgIpc) is 3.28. The predicted octanol–water partition coefficient (Wildman–Crippen LogP) is 1.34. The largest absolute Gasteiger partial charge is 0.542 e. The van der Waals surface area contributed by atoms with Gasteiger partial charge in [0.05, 0.1) is 43.0 Å². The molecule has 1 amide bonds. The van der Waals surface area contributed by atoms with Crippen molar-refractivity contribution in [3.05, 3.63) is 51.7 Å². The number of carboxylic acid groups (broad SMARTS) is 1. The number of thiophene rings is 1. The van der Waals surface area contributed by atoms with Crippen LogP contribution < -0.4 is 14.7 Å². The van der Waals surface area contributed by atoms with Crippen LogP contribution in [-0.2, 0) is 11.3 Å². The van der Waals surface area contributed by atoms with Crippen molar-refractivity contribution in [2.45, 2.75) is 18.9 Å². The maximum absolute atomic E-state index is 12.6. The van der Waals surface area contributed by atoms with Crippen LogP contribution >= 0.6 is 11.3 Å². The van der Waals surface area contributed by atoms with Crippen molar-refractivity contribution >= 4 is 29.0 Å². The fraction of sp³-hybridized carbons (Fsp3) is 0.381.